The highest BCUT2D eigenvalue weighted by atomic mass is 14.9. The lowest BCUT2D eigenvalue weighted by molar-refractivity contribution is 1.06. The van der Waals surface area contributed by atoms with E-state index in [1.165, 1.54) is 11.1 Å². The fourth-order valence-electron chi connectivity index (χ4n) is 1.47. The Balaban J connectivity index is 2.55. The molecule has 2 heteroatoms. The molecule has 0 radical (unpaired) electrons. The van der Waals surface area contributed by atoms with Crippen molar-refractivity contribution in [2.45, 2.75) is 13.8 Å². The van der Waals surface area contributed by atoms with Gasteiger partial charge in [0.25, 0.3) is 0 Å². The van der Waals surface area contributed by atoms with Gasteiger partial charge in [0.05, 0.1) is 5.69 Å². The van der Waals surface area contributed by atoms with E-state index in [9.17, 15) is 0 Å². The van der Waals surface area contributed by atoms with Gasteiger partial charge in [0.1, 0.15) is 5.82 Å². The van der Waals surface area contributed by atoms with E-state index in [2.05, 4.69) is 29.0 Å². The first-order valence-corrected chi connectivity index (χ1v) is 4.63. The van der Waals surface area contributed by atoms with Crippen LogP contribution in [0.25, 0.3) is 11.3 Å². The van der Waals surface area contributed by atoms with Crippen LogP contribution in [0.5, 0.6) is 0 Å². The molecule has 70 valence electrons. The van der Waals surface area contributed by atoms with E-state index in [1.54, 1.807) is 6.20 Å². The van der Waals surface area contributed by atoms with E-state index >= 15 is 0 Å². The molecule has 0 unspecified atom stereocenters. The van der Waals surface area contributed by atoms with Gasteiger partial charge < -0.3 is 0 Å². The maximum Gasteiger partial charge on any atom is 0.125 e. The minimum absolute atomic E-state index is 0.811. The third-order valence-electron chi connectivity index (χ3n) is 2.20. The molecule has 2 nitrogen and oxygen atoms in total. The van der Waals surface area contributed by atoms with Gasteiger partial charge >= 0.3 is 0 Å². The molecule has 0 aliphatic rings. The van der Waals surface area contributed by atoms with Crippen LogP contribution in [0, 0.1) is 13.8 Å². The molecule has 0 spiro atoms. The zero-order valence-electron chi connectivity index (χ0n) is 8.36. The second kappa shape index (κ2) is 3.58. The SMILES string of the molecule is Cc1nccc(-c2ccccc2C)n1. The topological polar surface area (TPSA) is 25.8 Å². The van der Waals surface area contributed by atoms with Crippen LogP contribution in [0.1, 0.15) is 11.4 Å². The van der Waals surface area contributed by atoms with Crippen molar-refractivity contribution in [3.63, 3.8) is 0 Å². The Hall–Kier alpha value is -1.70. The quantitative estimate of drug-likeness (QED) is 0.681. The molecule has 2 aromatic rings. The van der Waals surface area contributed by atoms with Gasteiger partial charge in [-0.2, -0.15) is 0 Å². The van der Waals surface area contributed by atoms with Crippen molar-refractivity contribution in [3.8, 4) is 11.3 Å². The van der Waals surface area contributed by atoms with Gasteiger partial charge in [-0.05, 0) is 25.5 Å². The van der Waals surface area contributed by atoms with Crippen LogP contribution < -0.4 is 0 Å². The second-order valence-electron chi connectivity index (χ2n) is 3.30. The molecule has 0 fully saturated rings. The van der Waals surface area contributed by atoms with Crippen molar-refractivity contribution in [3.05, 3.63) is 47.9 Å². The van der Waals surface area contributed by atoms with Crippen molar-refractivity contribution < 1.29 is 0 Å². The summed E-state index contributed by atoms with van der Waals surface area (Å²) in [4.78, 5) is 8.48. The van der Waals surface area contributed by atoms with Gasteiger partial charge in [-0.25, -0.2) is 9.97 Å². The van der Waals surface area contributed by atoms with Gasteiger partial charge in [-0.1, -0.05) is 24.3 Å². The average molecular weight is 184 g/mol. The lowest BCUT2D eigenvalue weighted by atomic mass is 10.1. The highest BCUT2D eigenvalue weighted by Gasteiger charge is 2.01. The molecular weight excluding hydrogens is 172 g/mol. The summed E-state index contributed by atoms with van der Waals surface area (Å²) in [5, 5.41) is 0. The summed E-state index contributed by atoms with van der Waals surface area (Å²) < 4.78 is 0. The van der Waals surface area contributed by atoms with Crippen molar-refractivity contribution >= 4 is 0 Å². The summed E-state index contributed by atoms with van der Waals surface area (Å²) in [6.45, 7) is 3.99. The van der Waals surface area contributed by atoms with Crippen LogP contribution in [0.3, 0.4) is 0 Å². The predicted octanol–water partition coefficient (Wildman–Crippen LogP) is 2.76. The summed E-state index contributed by atoms with van der Waals surface area (Å²) in [7, 11) is 0. The van der Waals surface area contributed by atoms with Crippen molar-refractivity contribution in [1.82, 2.24) is 9.97 Å². The number of aryl methyl sites for hydroxylation is 2. The maximum atomic E-state index is 4.39. The molecule has 0 bridgehead atoms. The Morgan fingerprint density at radius 3 is 2.50 bits per heavy atom. The normalized spacial score (nSPS) is 10.1. The Kier molecular flexibility index (Phi) is 2.27. The van der Waals surface area contributed by atoms with Crippen molar-refractivity contribution in [1.29, 1.82) is 0 Å². The number of aromatic nitrogens is 2. The summed E-state index contributed by atoms with van der Waals surface area (Å²) in [5.41, 5.74) is 3.42. The molecule has 1 heterocycles. The lowest BCUT2D eigenvalue weighted by Gasteiger charge is -2.04. The third kappa shape index (κ3) is 1.64. The average Bonchev–Trinajstić information content (AvgIpc) is 2.18. The molecule has 1 aromatic carbocycles. The van der Waals surface area contributed by atoms with Gasteiger partial charge in [-0.15, -0.1) is 0 Å². The zero-order valence-corrected chi connectivity index (χ0v) is 8.36. The molecule has 0 N–H and O–H groups in total. The Morgan fingerprint density at radius 2 is 1.79 bits per heavy atom. The molecule has 0 saturated heterocycles. The van der Waals surface area contributed by atoms with Crippen LogP contribution in [0.4, 0.5) is 0 Å². The summed E-state index contributed by atoms with van der Waals surface area (Å²) in [6.07, 6.45) is 1.80. The maximum absolute atomic E-state index is 4.39. The fraction of sp³-hybridized carbons (Fsp3) is 0.167. The first kappa shape index (κ1) is 8.88. The molecule has 14 heavy (non-hydrogen) atoms. The van der Waals surface area contributed by atoms with Gasteiger partial charge in [-0.3, -0.25) is 0 Å². The third-order valence-corrected chi connectivity index (χ3v) is 2.20. The van der Waals surface area contributed by atoms with Crippen molar-refractivity contribution in [2.75, 3.05) is 0 Å². The standard InChI is InChI=1S/C12H12N2/c1-9-5-3-4-6-11(9)12-7-8-13-10(2)14-12/h3-8H,1-2H3. The number of hydrogen-bond donors (Lipinski definition) is 0. The van der Waals surface area contributed by atoms with Crippen LogP contribution >= 0.6 is 0 Å². The number of nitrogens with zero attached hydrogens (tertiary/aromatic N) is 2. The lowest BCUT2D eigenvalue weighted by Crippen LogP contribution is -1.91. The minimum Gasteiger partial charge on any atom is -0.242 e. The number of rotatable bonds is 1. The van der Waals surface area contributed by atoms with Crippen LogP contribution in [-0.2, 0) is 0 Å². The van der Waals surface area contributed by atoms with E-state index in [-0.39, 0.29) is 0 Å². The predicted molar refractivity (Wildman–Crippen MR) is 56.9 cm³/mol. The van der Waals surface area contributed by atoms with Gasteiger partial charge in [0.2, 0.25) is 0 Å². The second-order valence-corrected chi connectivity index (χ2v) is 3.30. The smallest absolute Gasteiger partial charge is 0.125 e. The summed E-state index contributed by atoms with van der Waals surface area (Å²) >= 11 is 0. The molecule has 0 amide bonds. The number of benzene rings is 1. The Morgan fingerprint density at radius 1 is 1.00 bits per heavy atom. The summed E-state index contributed by atoms with van der Waals surface area (Å²) in [5.74, 6) is 0.811. The first-order chi connectivity index (χ1) is 6.77. The molecule has 2 rings (SSSR count). The molecule has 0 atom stereocenters. The fourth-order valence-corrected chi connectivity index (χ4v) is 1.47. The van der Waals surface area contributed by atoms with Crippen LogP contribution in [0.15, 0.2) is 36.5 Å². The molecule has 0 saturated carbocycles. The number of hydrogen-bond acceptors (Lipinski definition) is 2. The largest absolute Gasteiger partial charge is 0.242 e. The zero-order chi connectivity index (χ0) is 9.97. The van der Waals surface area contributed by atoms with E-state index in [0.29, 0.717) is 0 Å². The van der Waals surface area contributed by atoms with Crippen LogP contribution in [0.2, 0.25) is 0 Å². The molecule has 0 aliphatic heterocycles. The van der Waals surface area contributed by atoms with Gasteiger partial charge in [0.15, 0.2) is 0 Å². The van der Waals surface area contributed by atoms with Crippen molar-refractivity contribution in [2.24, 2.45) is 0 Å². The molecule has 1 aromatic heterocycles. The summed E-state index contributed by atoms with van der Waals surface area (Å²) in [6, 6.07) is 10.2. The van der Waals surface area contributed by atoms with Gasteiger partial charge in [0, 0.05) is 11.8 Å². The highest BCUT2D eigenvalue weighted by molar-refractivity contribution is 5.62. The highest BCUT2D eigenvalue weighted by Crippen LogP contribution is 2.20. The van der Waals surface area contributed by atoms with E-state index in [4.69, 9.17) is 0 Å². The minimum atomic E-state index is 0.811. The molecular formula is C12H12N2. The van der Waals surface area contributed by atoms with E-state index in [0.717, 1.165) is 11.5 Å². The van der Waals surface area contributed by atoms with E-state index in [1.807, 2.05) is 25.1 Å². The first-order valence-electron chi connectivity index (χ1n) is 4.63. The van der Waals surface area contributed by atoms with Crippen LogP contribution in [-0.4, -0.2) is 9.97 Å². The Labute approximate surface area is 83.7 Å². The van der Waals surface area contributed by atoms with E-state index < -0.39 is 0 Å². The Bertz CT molecular complexity index is 450. The monoisotopic (exact) mass is 184 g/mol. The molecule has 0 aliphatic carbocycles.